The SMILES string of the molecule is CCN(CC)c1ccc(N2N=C(C)/C(=C\c3ccc[n+](C)c3)C2=O)cc1.COS(=O)(=O)[O-]. The van der Waals surface area contributed by atoms with Crippen LogP contribution in [0.15, 0.2) is 59.5 Å². The standard InChI is InChI=1S/C21H25N4O.CH4O4S/c1-5-24(6-2)18-9-11-19(12-10-18)25-21(26)20(16(3)22-25)14-17-8-7-13-23(4)15-17;1-5-6(2,3)4/h7-15H,5-6H2,1-4H3;1H3,(H,2,3,4)/q+1;/p-1/b20-14+;. The Morgan fingerprint density at radius 3 is 2.28 bits per heavy atom. The maximum Gasteiger partial charge on any atom is 0.280 e. The minimum Gasteiger partial charge on any atom is -0.726 e. The molecule has 172 valence electrons. The molecule has 3 rings (SSSR count). The zero-order chi connectivity index (χ0) is 23.9. The molecule has 2 aromatic rings. The summed E-state index contributed by atoms with van der Waals surface area (Å²) in [4.78, 5) is 15.1. The highest BCUT2D eigenvalue weighted by molar-refractivity contribution is 7.80. The summed E-state index contributed by atoms with van der Waals surface area (Å²) in [5, 5.41) is 5.95. The van der Waals surface area contributed by atoms with Crippen molar-refractivity contribution in [3.8, 4) is 0 Å². The van der Waals surface area contributed by atoms with Gasteiger partial charge in [0, 0.05) is 30.4 Å². The van der Waals surface area contributed by atoms with Crippen LogP contribution in [0, 0.1) is 0 Å². The number of rotatable bonds is 6. The number of hydrogen-bond acceptors (Lipinski definition) is 7. The van der Waals surface area contributed by atoms with E-state index in [4.69, 9.17) is 0 Å². The van der Waals surface area contributed by atoms with Gasteiger partial charge in [-0.05, 0) is 57.2 Å². The van der Waals surface area contributed by atoms with Gasteiger partial charge in [-0.3, -0.25) is 8.98 Å². The van der Waals surface area contributed by atoms with Crippen LogP contribution in [0.1, 0.15) is 26.3 Å². The average molecular weight is 461 g/mol. The summed E-state index contributed by atoms with van der Waals surface area (Å²) in [6.45, 7) is 8.05. The van der Waals surface area contributed by atoms with Crippen molar-refractivity contribution in [1.29, 1.82) is 0 Å². The van der Waals surface area contributed by atoms with Crippen LogP contribution in [-0.4, -0.2) is 44.8 Å². The molecule has 1 aliphatic rings. The number of carbonyl (C=O) groups is 1. The van der Waals surface area contributed by atoms with Gasteiger partial charge >= 0.3 is 0 Å². The van der Waals surface area contributed by atoms with Gasteiger partial charge in [0.15, 0.2) is 12.4 Å². The van der Waals surface area contributed by atoms with E-state index in [-0.39, 0.29) is 5.91 Å². The molecule has 1 amide bonds. The van der Waals surface area contributed by atoms with E-state index in [2.05, 4.69) is 28.0 Å². The predicted octanol–water partition coefficient (Wildman–Crippen LogP) is 2.26. The van der Waals surface area contributed by atoms with Gasteiger partial charge in [0.2, 0.25) is 10.4 Å². The number of aromatic nitrogens is 1. The van der Waals surface area contributed by atoms with E-state index in [1.165, 1.54) is 5.01 Å². The van der Waals surface area contributed by atoms with Gasteiger partial charge in [-0.15, -0.1) is 0 Å². The van der Waals surface area contributed by atoms with Crippen molar-refractivity contribution in [2.75, 3.05) is 30.1 Å². The van der Waals surface area contributed by atoms with E-state index < -0.39 is 10.4 Å². The number of aryl methyl sites for hydroxylation is 1. The lowest BCUT2D eigenvalue weighted by atomic mass is 10.1. The molecule has 0 N–H and O–H groups in total. The molecular weight excluding hydrogens is 432 g/mol. The van der Waals surface area contributed by atoms with Crippen LogP contribution in [0.2, 0.25) is 0 Å². The largest absolute Gasteiger partial charge is 0.726 e. The number of pyridine rings is 1. The van der Waals surface area contributed by atoms with Gasteiger partial charge in [0.05, 0.1) is 24.1 Å². The Kier molecular flexibility index (Phi) is 8.64. The van der Waals surface area contributed by atoms with Gasteiger partial charge in [0.1, 0.15) is 7.05 Å². The number of hydrogen-bond donors (Lipinski definition) is 0. The van der Waals surface area contributed by atoms with E-state index in [0.717, 1.165) is 42.8 Å². The highest BCUT2D eigenvalue weighted by atomic mass is 32.3. The van der Waals surface area contributed by atoms with Gasteiger partial charge in [-0.25, -0.2) is 13.0 Å². The molecule has 1 aromatic carbocycles. The molecule has 0 atom stereocenters. The highest BCUT2D eigenvalue weighted by Crippen LogP contribution is 2.27. The first kappa shape index (κ1) is 25.2. The van der Waals surface area contributed by atoms with Gasteiger partial charge in [0.25, 0.3) is 5.91 Å². The van der Waals surface area contributed by atoms with Crippen molar-refractivity contribution in [3.63, 3.8) is 0 Å². The lowest BCUT2D eigenvalue weighted by Crippen LogP contribution is -2.26. The third-order valence-electron chi connectivity index (χ3n) is 4.76. The molecule has 0 saturated heterocycles. The van der Waals surface area contributed by atoms with Crippen LogP contribution in [0.3, 0.4) is 0 Å². The first-order valence-electron chi connectivity index (χ1n) is 10.0. The molecule has 0 saturated carbocycles. The number of amides is 1. The number of hydrazone groups is 1. The Hall–Kier alpha value is -3.08. The molecule has 0 bridgehead atoms. The van der Waals surface area contributed by atoms with Crippen molar-refractivity contribution in [3.05, 3.63) is 59.9 Å². The van der Waals surface area contributed by atoms with E-state index in [0.29, 0.717) is 5.57 Å². The van der Waals surface area contributed by atoms with Crippen LogP contribution in [0.25, 0.3) is 6.08 Å². The number of carbonyl (C=O) groups excluding carboxylic acids is 1. The number of nitrogens with zero attached hydrogens (tertiary/aromatic N) is 4. The summed E-state index contributed by atoms with van der Waals surface area (Å²) in [5.74, 6) is -0.0930. The molecule has 0 radical (unpaired) electrons. The fraction of sp³-hybridized carbons (Fsp3) is 0.318. The van der Waals surface area contributed by atoms with Crippen molar-refractivity contribution in [2.24, 2.45) is 12.1 Å². The first-order chi connectivity index (χ1) is 15.1. The second kappa shape index (κ2) is 11.0. The van der Waals surface area contributed by atoms with Crippen molar-refractivity contribution in [1.82, 2.24) is 0 Å². The molecule has 0 fully saturated rings. The fourth-order valence-electron chi connectivity index (χ4n) is 3.12. The molecular formula is C22H28N4O5S. The molecule has 10 heteroatoms. The lowest BCUT2D eigenvalue weighted by Gasteiger charge is -2.21. The van der Waals surface area contributed by atoms with Crippen molar-refractivity contribution in [2.45, 2.75) is 20.8 Å². The minimum absolute atomic E-state index is 0.0930. The van der Waals surface area contributed by atoms with E-state index in [1.54, 1.807) is 0 Å². The van der Waals surface area contributed by atoms with Crippen LogP contribution in [0.4, 0.5) is 11.4 Å². The molecule has 0 unspecified atom stereocenters. The summed E-state index contributed by atoms with van der Waals surface area (Å²) < 4.78 is 33.0. The Bertz CT molecular complexity index is 1110. The minimum atomic E-state index is -4.41. The maximum absolute atomic E-state index is 12.9. The Labute approximate surface area is 189 Å². The summed E-state index contributed by atoms with van der Waals surface area (Å²) in [5.41, 5.74) is 4.27. The summed E-state index contributed by atoms with van der Waals surface area (Å²) in [6, 6.07) is 11.9. The molecule has 32 heavy (non-hydrogen) atoms. The van der Waals surface area contributed by atoms with Crippen LogP contribution >= 0.6 is 0 Å². The second-order valence-corrected chi connectivity index (χ2v) is 8.08. The van der Waals surface area contributed by atoms with Crippen LogP contribution < -0.4 is 14.5 Å². The van der Waals surface area contributed by atoms with Crippen molar-refractivity contribution >= 4 is 39.5 Å². The zero-order valence-corrected chi connectivity index (χ0v) is 19.7. The van der Waals surface area contributed by atoms with E-state index >= 15 is 0 Å². The van der Waals surface area contributed by atoms with E-state index in [1.807, 2.05) is 73.4 Å². The topological polar surface area (TPSA) is 106 Å². The van der Waals surface area contributed by atoms with Crippen LogP contribution in [0.5, 0.6) is 0 Å². The molecule has 2 heterocycles. The Morgan fingerprint density at radius 2 is 1.78 bits per heavy atom. The molecule has 1 aliphatic heterocycles. The van der Waals surface area contributed by atoms with Gasteiger partial charge in [-0.2, -0.15) is 10.1 Å². The van der Waals surface area contributed by atoms with Gasteiger partial charge in [-0.1, -0.05) is 0 Å². The first-order valence-corrected chi connectivity index (χ1v) is 11.4. The molecule has 9 nitrogen and oxygen atoms in total. The summed E-state index contributed by atoms with van der Waals surface area (Å²) in [6.07, 6.45) is 5.84. The zero-order valence-electron chi connectivity index (χ0n) is 18.8. The molecule has 1 aromatic heterocycles. The predicted molar refractivity (Wildman–Crippen MR) is 123 cm³/mol. The second-order valence-electron chi connectivity index (χ2n) is 6.93. The smallest absolute Gasteiger partial charge is 0.280 e. The fourth-order valence-corrected chi connectivity index (χ4v) is 3.12. The average Bonchev–Trinajstić information content (AvgIpc) is 3.03. The number of anilines is 2. The Morgan fingerprint density at radius 1 is 1.19 bits per heavy atom. The van der Waals surface area contributed by atoms with Crippen molar-refractivity contribution < 1.29 is 26.5 Å². The monoisotopic (exact) mass is 460 g/mol. The highest BCUT2D eigenvalue weighted by Gasteiger charge is 2.28. The molecule has 0 aliphatic carbocycles. The normalized spacial score (nSPS) is 14.8. The van der Waals surface area contributed by atoms with E-state index in [9.17, 15) is 17.8 Å². The molecule has 0 spiro atoms. The third-order valence-corrected chi connectivity index (χ3v) is 5.17. The third kappa shape index (κ3) is 6.71. The lowest BCUT2D eigenvalue weighted by molar-refractivity contribution is -0.671. The maximum atomic E-state index is 12.9. The summed E-state index contributed by atoms with van der Waals surface area (Å²) in [7, 11) is -1.64. The number of benzene rings is 1. The quantitative estimate of drug-likeness (QED) is 0.283. The summed E-state index contributed by atoms with van der Waals surface area (Å²) >= 11 is 0. The van der Waals surface area contributed by atoms with Gasteiger partial charge < -0.3 is 9.45 Å². The Balaban J connectivity index is 0.000000534. The van der Waals surface area contributed by atoms with Crippen LogP contribution in [-0.2, 0) is 26.4 Å².